The van der Waals surface area contributed by atoms with Gasteiger partial charge in [0.25, 0.3) is 5.91 Å². The average molecular weight is 536 g/mol. The summed E-state index contributed by atoms with van der Waals surface area (Å²) in [4.78, 5) is 14.8. The van der Waals surface area contributed by atoms with E-state index in [0.717, 1.165) is 32.6 Å². The normalized spacial score (nSPS) is 17.7. The number of halogens is 2. The lowest BCUT2D eigenvalue weighted by Crippen LogP contribution is -2.29. The van der Waals surface area contributed by atoms with E-state index in [-0.39, 0.29) is 11.7 Å². The molecule has 1 fully saturated rings. The Morgan fingerprint density at radius 1 is 1.03 bits per heavy atom. The molecular weight excluding hydrogens is 513 g/mol. The number of hydrogen-bond acceptors (Lipinski definition) is 4. The Hall–Kier alpha value is -3.49. The van der Waals surface area contributed by atoms with Crippen LogP contribution in [0.25, 0.3) is 16.9 Å². The van der Waals surface area contributed by atoms with Crippen LogP contribution >= 0.6 is 15.9 Å². The molecule has 4 aromatic rings. The van der Waals surface area contributed by atoms with Gasteiger partial charge in [0.1, 0.15) is 23.4 Å². The second-order valence-electron chi connectivity index (χ2n) is 8.31. The molecule has 0 spiro atoms. The Morgan fingerprint density at radius 2 is 1.71 bits per heavy atom. The van der Waals surface area contributed by atoms with Crippen LogP contribution in [0, 0.1) is 5.82 Å². The van der Waals surface area contributed by atoms with Crippen molar-refractivity contribution in [1.82, 2.24) is 14.7 Å². The number of amides is 1. The molecule has 1 aromatic heterocycles. The summed E-state index contributed by atoms with van der Waals surface area (Å²) in [6.45, 7) is 2.12. The highest BCUT2D eigenvalue weighted by molar-refractivity contribution is 9.10. The molecule has 1 aliphatic rings. The molecule has 0 aliphatic carbocycles. The van der Waals surface area contributed by atoms with E-state index in [1.54, 1.807) is 35.7 Å². The SMILES string of the molecule is COc1ccc(CN2C(=O)C(C)OC2c2cn(-c3ccc(Br)cc3)nc2-c2ccc(F)cc2)cc1. The lowest BCUT2D eigenvalue weighted by molar-refractivity contribution is -0.130. The minimum atomic E-state index is -0.649. The molecule has 1 aliphatic heterocycles. The van der Waals surface area contributed by atoms with Crippen molar-refractivity contribution in [2.45, 2.75) is 25.8 Å². The molecule has 3 aromatic carbocycles. The zero-order valence-corrected chi connectivity index (χ0v) is 20.8. The number of methoxy groups -OCH3 is 1. The number of hydrogen-bond donors (Lipinski definition) is 0. The number of carbonyl (C=O) groups excluding carboxylic acids is 1. The molecule has 0 bridgehead atoms. The summed E-state index contributed by atoms with van der Waals surface area (Å²) < 4.78 is 27.8. The molecule has 0 saturated carbocycles. The van der Waals surface area contributed by atoms with Crippen LogP contribution in [0.2, 0.25) is 0 Å². The maximum absolute atomic E-state index is 13.7. The highest BCUT2D eigenvalue weighted by Crippen LogP contribution is 2.38. The van der Waals surface area contributed by atoms with E-state index >= 15 is 0 Å². The third kappa shape index (κ3) is 4.72. The van der Waals surface area contributed by atoms with Crippen LogP contribution in [-0.4, -0.2) is 33.8 Å². The molecule has 2 unspecified atom stereocenters. The smallest absolute Gasteiger partial charge is 0.254 e. The van der Waals surface area contributed by atoms with Crippen LogP contribution in [0.5, 0.6) is 5.75 Å². The Bertz CT molecular complexity index is 1340. The summed E-state index contributed by atoms with van der Waals surface area (Å²) in [5, 5.41) is 4.81. The molecule has 178 valence electrons. The van der Waals surface area contributed by atoms with E-state index in [1.807, 2.05) is 54.7 Å². The number of ether oxygens (including phenoxy) is 2. The predicted molar refractivity (Wildman–Crippen MR) is 133 cm³/mol. The molecule has 2 atom stereocenters. The van der Waals surface area contributed by atoms with Gasteiger partial charge in [0.05, 0.1) is 12.8 Å². The number of nitrogens with zero attached hydrogens (tertiary/aromatic N) is 3. The predicted octanol–water partition coefficient (Wildman–Crippen LogP) is 5.90. The fourth-order valence-electron chi connectivity index (χ4n) is 4.13. The van der Waals surface area contributed by atoms with Crippen LogP contribution in [0.4, 0.5) is 4.39 Å². The van der Waals surface area contributed by atoms with Gasteiger partial charge in [0.15, 0.2) is 6.23 Å². The van der Waals surface area contributed by atoms with Gasteiger partial charge in [-0.3, -0.25) is 4.79 Å². The summed E-state index contributed by atoms with van der Waals surface area (Å²) in [6.07, 6.45) is 0.623. The second kappa shape index (κ2) is 9.64. The minimum Gasteiger partial charge on any atom is -0.497 e. The van der Waals surface area contributed by atoms with E-state index in [4.69, 9.17) is 14.6 Å². The Balaban J connectivity index is 1.57. The number of benzene rings is 3. The fraction of sp³-hybridized carbons (Fsp3) is 0.185. The van der Waals surface area contributed by atoms with Crippen LogP contribution < -0.4 is 4.74 Å². The van der Waals surface area contributed by atoms with Gasteiger partial charge in [0.2, 0.25) is 0 Å². The van der Waals surface area contributed by atoms with Crippen LogP contribution in [0.3, 0.4) is 0 Å². The van der Waals surface area contributed by atoms with E-state index in [9.17, 15) is 9.18 Å². The van der Waals surface area contributed by atoms with Gasteiger partial charge in [-0.1, -0.05) is 28.1 Å². The van der Waals surface area contributed by atoms with Gasteiger partial charge < -0.3 is 14.4 Å². The number of rotatable bonds is 6. The van der Waals surface area contributed by atoms with Gasteiger partial charge in [-0.2, -0.15) is 5.10 Å². The first kappa shape index (κ1) is 23.3. The van der Waals surface area contributed by atoms with Gasteiger partial charge in [-0.05, 0) is 73.2 Å². The highest BCUT2D eigenvalue weighted by atomic mass is 79.9. The monoisotopic (exact) mass is 535 g/mol. The summed E-state index contributed by atoms with van der Waals surface area (Å²) in [5.74, 6) is 0.314. The van der Waals surface area contributed by atoms with Gasteiger partial charge >= 0.3 is 0 Å². The molecule has 6 nitrogen and oxygen atoms in total. The molecule has 0 N–H and O–H groups in total. The van der Waals surface area contributed by atoms with Gasteiger partial charge in [-0.15, -0.1) is 0 Å². The molecule has 0 radical (unpaired) electrons. The maximum Gasteiger partial charge on any atom is 0.254 e. The molecule has 8 heteroatoms. The number of aromatic nitrogens is 2. The maximum atomic E-state index is 13.7. The zero-order chi connectivity index (χ0) is 24.5. The van der Waals surface area contributed by atoms with Crippen molar-refractivity contribution in [3.63, 3.8) is 0 Å². The lowest BCUT2D eigenvalue weighted by Gasteiger charge is -2.23. The largest absolute Gasteiger partial charge is 0.497 e. The van der Waals surface area contributed by atoms with Crippen LogP contribution in [0.1, 0.15) is 24.3 Å². The molecule has 1 amide bonds. The van der Waals surface area contributed by atoms with Crippen molar-refractivity contribution in [3.05, 3.63) is 100 Å². The first-order chi connectivity index (χ1) is 16.9. The first-order valence-electron chi connectivity index (χ1n) is 11.1. The molecule has 2 heterocycles. The second-order valence-corrected chi connectivity index (χ2v) is 9.22. The molecular formula is C27H23BrFN3O3. The highest BCUT2D eigenvalue weighted by Gasteiger charge is 2.41. The molecule has 5 rings (SSSR count). The van der Waals surface area contributed by atoms with Crippen molar-refractivity contribution < 1.29 is 18.7 Å². The number of carbonyl (C=O) groups is 1. The van der Waals surface area contributed by atoms with Crippen molar-refractivity contribution in [1.29, 1.82) is 0 Å². The third-order valence-electron chi connectivity index (χ3n) is 5.98. The minimum absolute atomic E-state index is 0.104. The van der Waals surface area contributed by atoms with Crippen molar-refractivity contribution >= 4 is 21.8 Å². The molecule has 1 saturated heterocycles. The van der Waals surface area contributed by atoms with E-state index in [0.29, 0.717) is 12.2 Å². The van der Waals surface area contributed by atoms with Crippen molar-refractivity contribution in [3.8, 4) is 22.7 Å². The Labute approximate surface area is 211 Å². The van der Waals surface area contributed by atoms with E-state index in [2.05, 4.69) is 15.9 Å². The van der Waals surface area contributed by atoms with Gasteiger partial charge in [-0.25, -0.2) is 9.07 Å². The standard InChI is InChI=1S/C27H23BrFN3O3/c1-17-26(33)31(15-18-3-13-23(34-2)14-4-18)27(35-17)24-16-32(22-11-7-20(28)8-12-22)30-25(24)19-5-9-21(29)10-6-19/h3-14,16-17,27H,15H2,1-2H3. The van der Waals surface area contributed by atoms with Crippen molar-refractivity contribution in [2.24, 2.45) is 0 Å². The Morgan fingerprint density at radius 3 is 2.37 bits per heavy atom. The van der Waals surface area contributed by atoms with Crippen molar-refractivity contribution in [2.75, 3.05) is 7.11 Å². The quantitative estimate of drug-likeness (QED) is 0.308. The topological polar surface area (TPSA) is 56.6 Å². The third-order valence-corrected chi connectivity index (χ3v) is 6.51. The lowest BCUT2D eigenvalue weighted by atomic mass is 10.1. The van der Waals surface area contributed by atoms with E-state index in [1.165, 1.54) is 12.1 Å². The summed E-state index contributed by atoms with van der Waals surface area (Å²) >= 11 is 3.46. The summed E-state index contributed by atoms with van der Waals surface area (Å²) in [5.41, 5.74) is 3.88. The zero-order valence-electron chi connectivity index (χ0n) is 19.2. The summed E-state index contributed by atoms with van der Waals surface area (Å²) in [7, 11) is 1.62. The fourth-order valence-corrected chi connectivity index (χ4v) is 4.39. The van der Waals surface area contributed by atoms with Crippen LogP contribution in [-0.2, 0) is 16.1 Å². The summed E-state index contributed by atoms with van der Waals surface area (Å²) in [6, 6.07) is 21.5. The van der Waals surface area contributed by atoms with Gasteiger partial charge in [0, 0.05) is 28.3 Å². The Kier molecular flexibility index (Phi) is 6.40. The van der Waals surface area contributed by atoms with E-state index < -0.39 is 12.3 Å². The molecule has 35 heavy (non-hydrogen) atoms. The first-order valence-corrected chi connectivity index (χ1v) is 11.9. The van der Waals surface area contributed by atoms with Crippen LogP contribution in [0.15, 0.2) is 83.5 Å². The average Bonchev–Trinajstić information content (AvgIpc) is 3.42.